The zero-order chi connectivity index (χ0) is 22.7. The van der Waals surface area contributed by atoms with Crippen LogP contribution in [0.25, 0.3) is 22.6 Å². The smallest absolute Gasteiger partial charge is 0.314 e. The van der Waals surface area contributed by atoms with E-state index in [-0.39, 0.29) is 19.0 Å². The Bertz CT molecular complexity index is 1120. The van der Waals surface area contributed by atoms with Gasteiger partial charge in [-0.3, -0.25) is 4.79 Å². The summed E-state index contributed by atoms with van der Waals surface area (Å²) >= 11 is 0. The third-order valence-electron chi connectivity index (χ3n) is 5.00. The summed E-state index contributed by atoms with van der Waals surface area (Å²) in [6.07, 6.45) is 2.42. The van der Waals surface area contributed by atoms with Crippen molar-refractivity contribution in [3.05, 3.63) is 60.8 Å². The summed E-state index contributed by atoms with van der Waals surface area (Å²) in [7, 11) is 0. The fraction of sp³-hybridized carbons (Fsp3) is 0.273. The normalized spacial score (nSPS) is 20.6. The van der Waals surface area contributed by atoms with Gasteiger partial charge in [0.1, 0.15) is 11.2 Å². The molecular formula is C22H22FN5O4. The molecule has 0 spiro atoms. The lowest BCUT2D eigenvalue weighted by Gasteiger charge is -2.33. The maximum Gasteiger partial charge on any atom is 0.314 e. The van der Waals surface area contributed by atoms with Crippen LogP contribution in [-0.4, -0.2) is 50.8 Å². The monoisotopic (exact) mass is 439 g/mol. The van der Waals surface area contributed by atoms with Gasteiger partial charge in [-0.05, 0) is 37.3 Å². The number of hydrogen-bond acceptors (Lipinski definition) is 7. The number of carbonyl (C=O) groups is 1. The van der Waals surface area contributed by atoms with Gasteiger partial charge in [-0.25, -0.2) is 19.3 Å². The predicted octanol–water partition coefficient (Wildman–Crippen LogP) is 3.41. The van der Waals surface area contributed by atoms with Gasteiger partial charge in [0.05, 0.1) is 30.3 Å². The second-order valence-corrected chi connectivity index (χ2v) is 7.61. The molecule has 0 bridgehead atoms. The first-order valence-electron chi connectivity index (χ1n) is 9.90. The molecule has 0 aliphatic carbocycles. The molecule has 3 aromatic rings. The molecule has 0 saturated carbocycles. The highest BCUT2D eigenvalue weighted by atomic mass is 19.1. The highest BCUT2D eigenvalue weighted by Crippen LogP contribution is 2.35. The van der Waals surface area contributed by atoms with Crippen LogP contribution in [0.15, 0.2) is 49.2 Å². The van der Waals surface area contributed by atoms with E-state index in [1.165, 1.54) is 12.1 Å². The molecule has 0 atom stereocenters. The Hall–Kier alpha value is -3.63. The van der Waals surface area contributed by atoms with E-state index in [0.717, 1.165) is 0 Å². The first-order valence-corrected chi connectivity index (χ1v) is 9.90. The number of halogens is 1. The average Bonchev–Trinajstić information content (AvgIpc) is 3.24. The van der Waals surface area contributed by atoms with Crippen LogP contribution in [0.3, 0.4) is 0 Å². The first kappa shape index (κ1) is 21.6. The quantitative estimate of drug-likeness (QED) is 0.479. The minimum absolute atomic E-state index is 0.0297. The Morgan fingerprint density at radius 2 is 2.03 bits per heavy atom. The minimum Gasteiger partial charge on any atom is -0.481 e. The Morgan fingerprint density at radius 1 is 1.31 bits per heavy atom. The van der Waals surface area contributed by atoms with Gasteiger partial charge in [0, 0.05) is 18.3 Å². The maximum atomic E-state index is 13.5. The summed E-state index contributed by atoms with van der Waals surface area (Å²) in [6, 6.07) is 7.63. The van der Waals surface area contributed by atoms with Crippen LogP contribution in [0.4, 0.5) is 10.3 Å². The van der Waals surface area contributed by atoms with Crippen LogP contribution in [0.1, 0.15) is 19.0 Å². The van der Waals surface area contributed by atoms with E-state index in [0.29, 0.717) is 41.0 Å². The number of nitrogens with one attached hydrogen (secondary N) is 2. The third kappa shape index (κ3) is 4.36. The molecule has 0 amide bonds. The summed E-state index contributed by atoms with van der Waals surface area (Å²) < 4.78 is 24.8. The second kappa shape index (κ2) is 8.85. The van der Waals surface area contributed by atoms with E-state index in [1.54, 1.807) is 37.4 Å². The Kier molecular flexibility index (Phi) is 5.97. The number of benzene rings is 1. The van der Waals surface area contributed by atoms with Gasteiger partial charge in [0.2, 0.25) is 12.2 Å². The van der Waals surface area contributed by atoms with Crippen molar-refractivity contribution >= 4 is 11.9 Å². The van der Waals surface area contributed by atoms with Gasteiger partial charge in [0.15, 0.2) is 5.82 Å². The van der Waals surface area contributed by atoms with E-state index in [1.807, 2.05) is 0 Å². The van der Waals surface area contributed by atoms with Gasteiger partial charge in [-0.1, -0.05) is 6.08 Å². The molecule has 1 aliphatic heterocycles. The summed E-state index contributed by atoms with van der Waals surface area (Å²) in [5, 5.41) is 12.4. The van der Waals surface area contributed by atoms with Gasteiger partial charge in [-0.2, -0.15) is 0 Å². The molecule has 0 unspecified atom stereocenters. The minimum atomic E-state index is -1.13. The number of H-pyrrole nitrogens is 1. The van der Waals surface area contributed by atoms with E-state index < -0.39 is 17.7 Å². The van der Waals surface area contributed by atoms with Crippen LogP contribution in [0.5, 0.6) is 0 Å². The molecular weight excluding hydrogens is 417 g/mol. The standard InChI is InChI=1S/C22H22FN5O4/c1-3-9-24-21-25-10-8-15(26-21)17-16(13-4-6-14(23)7-5-13)27-18(28-17)19-31-11-22(2,12-32-19)20(29)30/h3-8,10,19H,1,9,11-12H2,2H3,(H,27,28)(H,29,30)(H,24,25,26). The number of aromatic nitrogens is 4. The van der Waals surface area contributed by atoms with Crippen molar-refractivity contribution in [3.63, 3.8) is 0 Å². The first-order chi connectivity index (χ1) is 15.4. The highest BCUT2D eigenvalue weighted by Gasteiger charge is 2.41. The lowest BCUT2D eigenvalue weighted by atomic mass is 9.92. The van der Waals surface area contributed by atoms with Gasteiger partial charge < -0.3 is 24.9 Å². The number of aliphatic carboxylic acids is 1. The van der Waals surface area contributed by atoms with Gasteiger partial charge in [-0.15, -0.1) is 6.58 Å². The Morgan fingerprint density at radius 3 is 2.69 bits per heavy atom. The van der Waals surface area contributed by atoms with Crippen molar-refractivity contribution in [3.8, 4) is 22.6 Å². The molecule has 4 rings (SSSR count). The second-order valence-electron chi connectivity index (χ2n) is 7.61. The van der Waals surface area contributed by atoms with E-state index in [9.17, 15) is 14.3 Å². The summed E-state index contributed by atoms with van der Waals surface area (Å²) in [5.41, 5.74) is 1.16. The molecule has 1 fully saturated rings. The number of hydrogen-bond donors (Lipinski definition) is 3. The third-order valence-corrected chi connectivity index (χ3v) is 5.00. The summed E-state index contributed by atoms with van der Waals surface area (Å²) in [4.78, 5) is 27.9. The molecule has 3 heterocycles. The van der Waals surface area contributed by atoms with Crippen LogP contribution in [0, 0.1) is 11.2 Å². The fourth-order valence-electron chi connectivity index (χ4n) is 3.14. The summed E-state index contributed by atoms with van der Waals surface area (Å²) in [6.45, 7) is 5.66. The molecule has 3 N–H and O–H groups in total. The fourth-order valence-corrected chi connectivity index (χ4v) is 3.14. The molecule has 9 nitrogen and oxygen atoms in total. The van der Waals surface area contributed by atoms with Crippen molar-refractivity contribution in [1.82, 2.24) is 19.9 Å². The van der Waals surface area contributed by atoms with Crippen molar-refractivity contribution in [2.45, 2.75) is 13.2 Å². The number of carboxylic acid groups (broad SMARTS) is 1. The van der Waals surface area contributed by atoms with Gasteiger partial charge in [0.25, 0.3) is 0 Å². The molecule has 1 aliphatic rings. The topological polar surface area (TPSA) is 122 Å². The predicted molar refractivity (Wildman–Crippen MR) is 114 cm³/mol. The average molecular weight is 439 g/mol. The van der Waals surface area contributed by atoms with E-state index in [2.05, 4.69) is 31.8 Å². The Labute approximate surface area is 183 Å². The largest absolute Gasteiger partial charge is 0.481 e. The van der Waals surface area contributed by atoms with Crippen molar-refractivity contribution in [2.24, 2.45) is 5.41 Å². The van der Waals surface area contributed by atoms with Crippen molar-refractivity contribution in [1.29, 1.82) is 0 Å². The summed E-state index contributed by atoms with van der Waals surface area (Å²) in [5.74, 6) is -0.600. The van der Waals surface area contributed by atoms with E-state index in [4.69, 9.17) is 9.47 Å². The van der Waals surface area contributed by atoms with Gasteiger partial charge >= 0.3 is 5.97 Å². The zero-order valence-electron chi connectivity index (χ0n) is 17.3. The lowest BCUT2D eigenvalue weighted by molar-refractivity contribution is -0.236. The van der Waals surface area contributed by atoms with E-state index >= 15 is 0 Å². The molecule has 166 valence electrons. The van der Waals surface area contributed by atoms with Crippen LogP contribution < -0.4 is 5.32 Å². The highest BCUT2D eigenvalue weighted by molar-refractivity contribution is 5.77. The zero-order valence-corrected chi connectivity index (χ0v) is 17.3. The van der Waals surface area contributed by atoms with Crippen LogP contribution in [-0.2, 0) is 14.3 Å². The molecule has 32 heavy (non-hydrogen) atoms. The number of anilines is 1. The lowest BCUT2D eigenvalue weighted by Crippen LogP contribution is -2.42. The molecule has 1 aromatic carbocycles. The van der Waals surface area contributed by atoms with Crippen LogP contribution >= 0.6 is 0 Å². The van der Waals surface area contributed by atoms with Crippen molar-refractivity contribution < 1.29 is 23.8 Å². The molecule has 2 aromatic heterocycles. The van der Waals surface area contributed by atoms with Crippen molar-refractivity contribution in [2.75, 3.05) is 25.1 Å². The number of ether oxygens (including phenoxy) is 2. The SMILES string of the molecule is C=CCNc1nccc(-c2[nH]c(C3OCC(C)(C(=O)O)CO3)nc2-c2ccc(F)cc2)n1. The molecule has 1 saturated heterocycles. The maximum absolute atomic E-state index is 13.5. The number of aromatic amines is 1. The Balaban J connectivity index is 1.71. The van der Waals surface area contributed by atoms with Crippen LogP contribution in [0.2, 0.25) is 0 Å². The number of rotatable bonds is 7. The molecule has 10 heteroatoms. The number of carboxylic acids is 1. The molecule has 0 radical (unpaired) electrons. The number of imidazole rings is 1. The number of nitrogens with zero attached hydrogens (tertiary/aromatic N) is 3.